The van der Waals surface area contributed by atoms with E-state index in [1.165, 1.54) is 32.1 Å². The molecule has 16 heavy (non-hydrogen) atoms. The Morgan fingerprint density at radius 3 is 2.62 bits per heavy atom. The van der Waals surface area contributed by atoms with Crippen LogP contribution in [0.3, 0.4) is 0 Å². The fourth-order valence-electron chi connectivity index (χ4n) is 2.08. The van der Waals surface area contributed by atoms with E-state index >= 15 is 0 Å². The Hall–Kier alpha value is -0.570. The molecule has 1 fully saturated rings. The first-order valence-electron chi connectivity index (χ1n) is 6.56. The van der Waals surface area contributed by atoms with Crippen molar-refractivity contribution >= 4 is 5.97 Å². The molecule has 3 nitrogen and oxygen atoms in total. The lowest BCUT2D eigenvalue weighted by Gasteiger charge is -2.21. The lowest BCUT2D eigenvalue weighted by Crippen LogP contribution is -2.23. The van der Waals surface area contributed by atoms with Gasteiger partial charge in [0.05, 0.1) is 13.0 Å². The molecule has 0 bridgehead atoms. The minimum atomic E-state index is -0.0362. The van der Waals surface area contributed by atoms with Crippen LogP contribution in [0, 0.1) is 5.92 Å². The summed E-state index contributed by atoms with van der Waals surface area (Å²) in [7, 11) is 2.02. The molecule has 0 aromatic heterocycles. The van der Waals surface area contributed by atoms with Crippen molar-refractivity contribution in [2.24, 2.45) is 5.92 Å². The van der Waals surface area contributed by atoms with Crippen molar-refractivity contribution in [1.29, 1.82) is 0 Å². The highest BCUT2D eigenvalue weighted by Gasteiger charge is 2.15. The first kappa shape index (κ1) is 13.5. The minimum absolute atomic E-state index is 0.0362. The van der Waals surface area contributed by atoms with Crippen molar-refractivity contribution in [3.8, 4) is 0 Å². The Labute approximate surface area is 99.1 Å². The lowest BCUT2D eigenvalue weighted by molar-refractivity contribution is -0.145. The number of carbonyl (C=O) groups is 1. The van der Waals surface area contributed by atoms with Crippen LogP contribution in [-0.4, -0.2) is 37.6 Å². The average Bonchev–Trinajstić information content (AvgIpc) is 2.34. The van der Waals surface area contributed by atoms with Gasteiger partial charge in [0, 0.05) is 6.54 Å². The number of rotatable bonds is 6. The quantitative estimate of drug-likeness (QED) is 0.653. The zero-order chi connectivity index (χ0) is 11.8. The van der Waals surface area contributed by atoms with Crippen LogP contribution in [0.2, 0.25) is 0 Å². The molecule has 1 rings (SSSR count). The van der Waals surface area contributed by atoms with E-state index in [0.717, 1.165) is 13.1 Å². The summed E-state index contributed by atoms with van der Waals surface area (Å²) in [6.45, 7) is 4.53. The van der Waals surface area contributed by atoms with Crippen LogP contribution in [0.4, 0.5) is 0 Å². The van der Waals surface area contributed by atoms with Crippen molar-refractivity contribution in [3.05, 3.63) is 0 Å². The number of hydrogen-bond donors (Lipinski definition) is 0. The SMILES string of the molecule is CCN(C)CCC(=O)OCC1CCCCC1. The standard InChI is InChI=1S/C13H25NO2/c1-3-14(2)10-9-13(15)16-11-12-7-5-4-6-8-12/h12H,3-11H2,1-2H3. The molecule has 0 spiro atoms. The molecule has 0 aromatic rings. The Morgan fingerprint density at radius 2 is 2.00 bits per heavy atom. The van der Waals surface area contributed by atoms with Crippen LogP contribution < -0.4 is 0 Å². The third-order valence-corrected chi connectivity index (χ3v) is 3.44. The highest BCUT2D eigenvalue weighted by atomic mass is 16.5. The van der Waals surface area contributed by atoms with Gasteiger partial charge < -0.3 is 9.64 Å². The van der Waals surface area contributed by atoms with Gasteiger partial charge in [0.2, 0.25) is 0 Å². The molecular formula is C13H25NO2. The second-order valence-corrected chi connectivity index (χ2v) is 4.83. The fraction of sp³-hybridized carbons (Fsp3) is 0.923. The zero-order valence-corrected chi connectivity index (χ0v) is 10.7. The second-order valence-electron chi connectivity index (χ2n) is 4.83. The summed E-state index contributed by atoms with van der Waals surface area (Å²) in [6, 6.07) is 0. The van der Waals surface area contributed by atoms with Gasteiger partial charge in [-0.15, -0.1) is 0 Å². The Morgan fingerprint density at radius 1 is 1.31 bits per heavy atom. The highest BCUT2D eigenvalue weighted by molar-refractivity contribution is 5.69. The summed E-state index contributed by atoms with van der Waals surface area (Å²) in [6.07, 6.45) is 6.97. The summed E-state index contributed by atoms with van der Waals surface area (Å²) in [5.74, 6) is 0.590. The van der Waals surface area contributed by atoms with Gasteiger partial charge in [0.1, 0.15) is 0 Å². The summed E-state index contributed by atoms with van der Waals surface area (Å²) in [5, 5.41) is 0. The molecule has 94 valence electrons. The van der Waals surface area contributed by atoms with Crippen molar-refractivity contribution in [2.75, 3.05) is 26.7 Å². The Balaban J connectivity index is 2.05. The van der Waals surface area contributed by atoms with Crippen LogP contribution >= 0.6 is 0 Å². The summed E-state index contributed by atoms with van der Waals surface area (Å²) in [4.78, 5) is 13.6. The number of esters is 1. The molecule has 1 saturated carbocycles. The molecule has 0 unspecified atom stereocenters. The van der Waals surface area contributed by atoms with Crippen LogP contribution in [0.15, 0.2) is 0 Å². The van der Waals surface area contributed by atoms with E-state index in [2.05, 4.69) is 11.8 Å². The van der Waals surface area contributed by atoms with Crippen molar-refractivity contribution in [1.82, 2.24) is 4.90 Å². The van der Waals surface area contributed by atoms with Crippen LogP contribution in [0.5, 0.6) is 0 Å². The lowest BCUT2D eigenvalue weighted by atomic mass is 9.90. The number of carbonyl (C=O) groups excluding carboxylic acids is 1. The summed E-state index contributed by atoms with van der Waals surface area (Å²) >= 11 is 0. The number of nitrogens with zero attached hydrogens (tertiary/aromatic N) is 1. The van der Waals surface area contributed by atoms with E-state index in [4.69, 9.17) is 4.74 Å². The van der Waals surface area contributed by atoms with E-state index < -0.39 is 0 Å². The smallest absolute Gasteiger partial charge is 0.307 e. The van der Waals surface area contributed by atoms with E-state index in [1.807, 2.05) is 7.05 Å². The van der Waals surface area contributed by atoms with E-state index in [-0.39, 0.29) is 5.97 Å². The van der Waals surface area contributed by atoms with Gasteiger partial charge in [-0.3, -0.25) is 4.79 Å². The molecule has 3 heteroatoms. The first-order chi connectivity index (χ1) is 7.72. The predicted octanol–water partition coefficient (Wildman–Crippen LogP) is 2.45. The molecule has 0 saturated heterocycles. The van der Waals surface area contributed by atoms with Crippen LogP contribution in [0.25, 0.3) is 0 Å². The van der Waals surface area contributed by atoms with E-state index in [9.17, 15) is 4.79 Å². The largest absolute Gasteiger partial charge is 0.465 e. The third kappa shape index (κ3) is 5.50. The van der Waals surface area contributed by atoms with E-state index in [0.29, 0.717) is 18.9 Å². The maximum atomic E-state index is 11.5. The topological polar surface area (TPSA) is 29.5 Å². The predicted molar refractivity (Wildman–Crippen MR) is 65.3 cm³/mol. The molecule has 1 aliphatic carbocycles. The van der Waals surface area contributed by atoms with Crippen LogP contribution in [0.1, 0.15) is 45.4 Å². The van der Waals surface area contributed by atoms with Crippen molar-refractivity contribution < 1.29 is 9.53 Å². The average molecular weight is 227 g/mol. The normalized spacial score (nSPS) is 17.7. The minimum Gasteiger partial charge on any atom is -0.465 e. The molecular weight excluding hydrogens is 202 g/mol. The molecule has 1 aliphatic rings. The first-order valence-corrected chi connectivity index (χ1v) is 6.56. The molecule has 0 aromatic carbocycles. The van der Waals surface area contributed by atoms with Gasteiger partial charge in [-0.1, -0.05) is 26.2 Å². The van der Waals surface area contributed by atoms with Crippen molar-refractivity contribution in [2.45, 2.75) is 45.4 Å². The molecule has 0 heterocycles. The van der Waals surface area contributed by atoms with Gasteiger partial charge in [0.25, 0.3) is 0 Å². The molecule has 0 radical (unpaired) electrons. The monoisotopic (exact) mass is 227 g/mol. The van der Waals surface area contributed by atoms with Crippen LogP contribution in [-0.2, 0) is 9.53 Å². The summed E-state index contributed by atoms with van der Waals surface area (Å²) < 4.78 is 5.31. The molecule has 0 amide bonds. The fourth-order valence-corrected chi connectivity index (χ4v) is 2.08. The molecule has 0 atom stereocenters. The van der Waals surface area contributed by atoms with Gasteiger partial charge in [-0.05, 0) is 32.4 Å². The van der Waals surface area contributed by atoms with Gasteiger partial charge in [-0.25, -0.2) is 0 Å². The third-order valence-electron chi connectivity index (χ3n) is 3.44. The van der Waals surface area contributed by atoms with Gasteiger partial charge in [-0.2, -0.15) is 0 Å². The highest BCUT2D eigenvalue weighted by Crippen LogP contribution is 2.23. The summed E-state index contributed by atoms with van der Waals surface area (Å²) in [5.41, 5.74) is 0. The zero-order valence-electron chi connectivity index (χ0n) is 10.7. The maximum Gasteiger partial charge on any atom is 0.307 e. The van der Waals surface area contributed by atoms with Crippen molar-refractivity contribution in [3.63, 3.8) is 0 Å². The maximum absolute atomic E-state index is 11.5. The Bertz CT molecular complexity index is 200. The Kier molecular flexibility index (Phi) is 6.46. The molecule has 0 N–H and O–H groups in total. The molecule has 0 aliphatic heterocycles. The number of hydrogen-bond acceptors (Lipinski definition) is 3. The van der Waals surface area contributed by atoms with E-state index in [1.54, 1.807) is 0 Å². The van der Waals surface area contributed by atoms with Gasteiger partial charge in [0.15, 0.2) is 0 Å². The van der Waals surface area contributed by atoms with Gasteiger partial charge >= 0.3 is 5.97 Å². The second kappa shape index (κ2) is 7.66. The number of ether oxygens (including phenoxy) is 1.